The van der Waals surface area contributed by atoms with Crippen LogP contribution in [-0.4, -0.2) is 32.6 Å². The van der Waals surface area contributed by atoms with E-state index in [4.69, 9.17) is 9.97 Å². The summed E-state index contributed by atoms with van der Waals surface area (Å²) in [6, 6.07) is 4.16. The predicted molar refractivity (Wildman–Crippen MR) is 112 cm³/mol. The van der Waals surface area contributed by atoms with E-state index in [1.807, 2.05) is 12.3 Å². The van der Waals surface area contributed by atoms with E-state index in [2.05, 4.69) is 40.2 Å². The van der Waals surface area contributed by atoms with Gasteiger partial charge in [-0.05, 0) is 75.2 Å². The Bertz CT molecular complexity index is 1080. The number of thiophene rings is 1. The van der Waals surface area contributed by atoms with Crippen LogP contribution >= 0.6 is 11.3 Å². The minimum absolute atomic E-state index is 0.795. The standard InChI is InChI=1S/C21H25N5S/c1-13-12-27-20-17(13)24-14(2)18-19(20)26(11-7-15-5-9-22-10-6-15)21(25-18)16-4-3-8-23-16/h3-4,8,12,15,22-23H,5-7,9-11H2,1-2H3. The van der Waals surface area contributed by atoms with Crippen molar-refractivity contribution in [1.82, 2.24) is 24.8 Å². The van der Waals surface area contributed by atoms with Gasteiger partial charge in [-0.3, -0.25) is 0 Å². The molecule has 0 atom stereocenters. The Hall–Kier alpha value is -2.18. The SMILES string of the molecule is Cc1csc2c1nc(C)c1nc(-c3ccc[nH]3)n(CCC3CCNCC3)c12. The average molecular weight is 380 g/mol. The topological polar surface area (TPSA) is 58.5 Å². The number of fused-ring (bicyclic) bond motifs is 3. The van der Waals surface area contributed by atoms with Crippen molar-refractivity contribution in [2.24, 2.45) is 5.92 Å². The second kappa shape index (κ2) is 6.77. The van der Waals surface area contributed by atoms with Crippen molar-refractivity contribution in [2.75, 3.05) is 13.1 Å². The van der Waals surface area contributed by atoms with Crippen LogP contribution in [0.1, 0.15) is 30.5 Å². The van der Waals surface area contributed by atoms with Crippen LogP contribution in [0.5, 0.6) is 0 Å². The summed E-state index contributed by atoms with van der Waals surface area (Å²) >= 11 is 1.79. The van der Waals surface area contributed by atoms with Crippen LogP contribution in [0.2, 0.25) is 0 Å². The molecular weight excluding hydrogens is 354 g/mol. The van der Waals surface area contributed by atoms with Gasteiger partial charge in [0.1, 0.15) is 5.52 Å². The van der Waals surface area contributed by atoms with Gasteiger partial charge in [0.05, 0.1) is 27.1 Å². The summed E-state index contributed by atoms with van der Waals surface area (Å²) in [7, 11) is 0. The molecule has 0 saturated carbocycles. The highest BCUT2D eigenvalue weighted by Gasteiger charge is 2.21. The van der Waals surface area contributed by atoms with Gasteiger partial charge in [0.25, 0.3) is 0 Å². The molecule has 0 aromatic carbocycles. The maximum Gasteiger partial charge on any atom is 0.157 e. The van der Waals surface area contributed by atoms with Crippen LogP contribution in [0.3, 0.4) is 0 Å². The van der Waals surface area contributed by atoms with Gasteiger partial charge in [-0.15, -0.1) is 11.3 Å². The molecule has 5 heterocycles. The van der Waals surface area contributed by atoms with Gasteiger partial charge >= 0.3 is 0 Å². The first-order valence-electron chi connectivity index (χ1n) is 9.81. The second-order valence-electron chi connectivity index (χ2n) is 7.64. The molecule has 0 unspecified atom stereocenters. The largest absolute Gasteiger partial charge is 0.359 e. The van der Waals surface area contributed by atoms with Crippen molar-refractivity contribution in [1.29, 1.82) is 0 Å². The Kier molecular flexibility index (Phi) is 4.25. The number of H-pyrrole nitrogens is 1. The van der Waals surface area contributed by atoms with Crippen molar-refractivity contribution in [3.63, 3.8) is 0 Å². The van der Waals surface area contributed by atoms with Crippen LogP contribution in [0, 0.1) is 19.8 Å². The van der Waals surface area contributed by atoms with E-state index >= 15 is 0 Å². The maximum atomic E-state index is 5.04. The van der Waals surface area contributed by atoms with Crippen molar-refractivity contribution in [2.45, 2.75) is 39.7 Å². The summed E-state index contributed by atoms with van der Waals surface area (Å²) in [6.07, 6.45) is 5.73. The molecule has 4 aromatic rings. The van der Waals surface area contributed by atoms with Gasteiger partial charge in [0.15, 0.2) is 5.82 Å². The minimum Gasteiger partial charge on any atom is -0.359 e. The minimum atomic E-state index is 0.795. The third-order valence-corrected chi connectivity index (χ3v) is 6.90. The summed E-state index contributed by atoms with van der Waals surface area (Å²) in [6.45, 7) is 7.54. The van der Waals surface area contributed by atoms with Crippen molar-refractivity contribution in [3.8, 4) is 11.5 Å². The molecule has 140 valence electrons. The zero-order chi connectivity index (χ0) is 18.4. The average Bonchev–Trinajstić information content (AvgIpc) is 3.40. The number of aryl methyl sites for hydroxylation is 3. The van der Waals surface area contributed by atoms with Gasteiger partial charge in [-0.1, -0.05) is 0 Å². The first-order valence-corrected chi connectivity index (χ1v) is 10.7. The number of hydrogen-bond donors (Lipinski definition) is 2. The molecule has 27 heavy (non-hydrogen) atoms. The third kappa shape index (κ3) is 2.87. The molecule has 0 spiro atoms. The van der Waals surface area contributed by atoms with Crippen LogP contribution < -0.4 is 5.32 Å². The van der Waals surface area contributed by atoms with E-state index in [1.165, 1.54) is 35.0 Å². The zero-order valence-electron chi connectivity index (χ0n) is 15.9. The number of nitrogens with zero attached hydrogens (tertiary/aromatic N) is 3. The summed E-state index contributed by atoms with van der Waals surface area (Å²) in [5.41, 5.74) is 6.79. The summed E-state index contributed by atoms with van der Waals surface area (Å²) < 4.78 is 3.71. The van der Waals surface area contributed by atoms with Crippen LogP contribution in [-0.2, 0) is 6.54 Å². The molecule has 1 saturated heterocycles. The van der Waals surface area contributed by atoms with Gasteiger partial charge in [0.2, 0.25) is 0 Å². The molecule has 0 bridgehead atoms. The number of hydrogen-bond acceptors (Lipinski definition) is 4. The van der Waals surface area contributed by atoms with Crippen LogP contribution in [0.15, 0.2) is 23.7 Å². The molecule has 1 aliphatic rings. The lowest BCUT2D eigenvalue weighted by atomic mass is 9.94. The highest BCUT2D eigenvalue weighted by atomic mass is 32.1. The number of rotatable bonds is 4. The molecule has 5 rings (SSSR count). The van der Waals surface area contributed by atoms with Crippen LogP contribution in [0.25, 0.3) is 32.8 Å². The van der Waals surface area contributed by atoms with Gasteiger partial charge in [0, 0.05) is 12.7 Å². The smallest absolute Gasteiger partial charge is 0.157 e. The van der Waals surface area contributed by atoms with E-state index in [1.54, 1.807) is 11.3 Å². The molecule has 2 N–H and O–H groups in total. The van der Waals surface area contributed by atoms with E-state index in [-0.39, 0.29) is 0 Å². The summed E-state index contributed by atoms with van der Waals surface area (Å²) in [4.78, 5) is 13.3. The Labute approximate surface area is 162 Å². The molecule has 4 aromatic heterocycles. The molecule has 0 amide bonds. The zero-order valence-corrected chi connectivity index (χ0v) is 16.7. The van der Waals surface area contributed by atoms with E-state index < -0.39 is 0 Å². The van der Waals surface area contributed by atoms with E-state index in [9.17, 15) is 0 Å². The van der Waals surface area contributed by atoms with Gasteiger partial charge in [-0.2, -0.15) is 0 Å². The number of aromatic amines is 1. The first-order chi connectivity index (χ1) is 13.2. The molecule has 5 nitrogen and oxygen atoms in total. The Balaban J connectivity index is 1.68. The van der Waals surface area contributed by atoms with Gasteiger partial charge < -0.3 is 14.9 Å². The third-order valence-electron chi connectivity index (χ3n) is 5.81. The molecular formula is C21H25N5S. The fourth-order valence-corrected chi connectivity index (χ4v) is 5.32. The molecule has 6 heteroatoms. The highest BCUT2D eigenvalue weighted by molar-refractivity contribution is 7.18. The predicted octanol–water partition coefficient (Wildman–Crippen LogP) is 4.65. The van der Waals surface area contributed by atoms with Gasteiger partial charge in [-0.25, -0.2) is 9.97 Å². The molecule has 1 aliphatic heterocycles. The number of piperidine rings is 1. The Morgan fingerprint density at radius 1 is 1.19 bits per heavy atom. The Morgan fingerprint density at radius 3 is 2.81 bits per heavy atom. The van der Waals surface area contributed by atoms with Crippen molar-refractivity contribution in [3.05, 3.63) is 35.0 Å². The second-order valence-corrected chi connectivity index (χ2v) is 8.52. The lowest BCUT2D eigenvalue weighted by Crippen LogP contribution is -2.28. The fourth-order valence-electron chi connectivity index (χ4n) is 4.28. The molecule has 1 fully saturated rings. The van der Waals surface area contributed by atoms with Crippen molar-refractivity contribution >= 4 is 32.6 Å². The lowest BCUT2D eigenvalue weighted by Gasteiger charge is -2.23. The normalized spacial score (nSPS) is 15.9. The van der Waals surface area contributed by atoms with E-state index in [0.717, 1.165) is 53.8 Å². The highest BCUT2D eigenvalue weighted by Crippen LogP contribution is 2.36. The quantitative estimate of drug-likeness (QED) is 0.543. The maximum absolute atomic E-state index is 5.04. The lowest BCUT2D eigenvalue weighted by molar-refractivity contribution is 0.340. The molecule has 0 radical (unpaired) electrons. The first kappa shape index (κ1) is 17.0. The fraction of sp³-hybridized carbons (Fsp3) is 0.429. The summed E-state index contributed by atoms with van der Waals surface area (Å²) in [5.74, 6) is 1.83. The monoisotopic (exact) mass is 379 g/mol. The Morgan fingerprint density at radius 2 is 2.04 bits per heavy atom. The number of nitrogens with one attached hydrogen (secondary N) is 2. The number of pyridine rings is 1. The number of aromatic nitrogens is 4. The molecule has 0 aliphatic carbocycles. The van der Waals surface area contributed by atoms with Crippen LogP contribution in [0.4, 0.5) is 0 Å². The summed E-state index contributed by atoms with van der Waals surface area (Å²) in [5, 5.41) is 5.69. The number of imidazole rings is 1. The van der Waals surface area contributed by atoms with E-state index in [0.29, 0.717) is 0 Å². The van der Waals surface area contributed by atoms with Crippen molar-refractivity contribution < 1.29 is 0 Å².